The molecule has 0 bridgehead atoms. The van der Waals surface area contributed by atoms with Crippen LogP contribution < -0.4 is 9.86 Å². The molecule has 8 heteroatoms. The zero-order valence-electron chi connectivity index (χ0n) is 14.3. The molecule has 0 atom stereocenters. The first kappa shape index (κ1) is 19.0. The number of aryl methyl sites for hydroxylation is 2. The van der Waals surface area contributed by atoms with Crippen LogP contribution in [0.15, 0.2) is 52.3 Å². The van der Waals surface area contributed by atoms with Crippen molar-refractivity contribution in [2.45, 2.75) is 41.9 Å². The number of hydrogen-bond acceptors (Lipinski definition) is 4. The predicted molar refractivity (Wildman–Crippen MR) is 99.8 cm³/mol. The fourth-order valence-corrected chi connectivity index (χ4v) is 4.73. The van der Waals surface area contributed by atoms with Crippen molar-refractivity contribution in [3.05, 3.63) is 59.2 Å². The van der Waals surface area contributed by atoms with Gasteiger partial charge in [0, 0.05) is 6.54 Å². The van der Waals surface area contributed by atoms with Crippen LogP contribution in [0.1, 0.15) is 29.5 Å². The highest BCUT2D eigenvalue weighted by Crippen LogP contribution is 2.24. The van der Waals surface area contributed by atoms with Crippen LogP contribution in [0.3, 0.4) is 0 Å². The fourth-order valence-electron chi connectivity index (χ4n) is 3.14. The number of hydrogen-bond donors (Lipinski definition) is 2. The van der Waals surface area contributed by atoms with Crippen molar-refractivity contribution in [1.82, 2.24) is 4.72 Å². The van der Waals surface area contributed by atoms with Crippen LogP contribution >= 0.6 is 0 Å². The molecule has 0 fully saturated rings. The summed E-state index contributed by atoms with van der Waals surface area (Å²) in [7, 11) is -7.28. The van der Waals surface area contributed by atoms with Gasteiger partial charge in [0.05, 0.1) is 9.79 Å². The Kier molecular flexibility index (Phi) is 5.47. The first-order chi connectivity index (χ1) is 12.3. The largest absolute Gasteiger partial charge is 0.240 e. The molecule has 0 unspecified atom stereocenters. The van der Waals surface area contributed by atoms with Crippen LogP contribution in [0, 0.1) is 0 Å². The summed E-state index contributed by atoms with van der Waals surface area (Å²) in [4.78, 5) is 0.332. The van der Waals surface area contributed by atoms with E-state index in [-0.39, 0.29) is 11.4 Å². The molecule has 26 heavy (non-hydrogen) atoms. The molecule has 6 nitrogen and oxygen atoms in total. The van der Waals surface area contributed by atoms with E-state index in [4.69, 9.17) is 5.14 Å². The van der Waals surface area contributed by atoms with E-state index in [0.717, 1.165) is 36.8 Å². The average Bonchev–Trinajstić information content (AvgIpc) is 2.61. The van der Waals surface area contributed by atoms with E-state index in [1.165, 1.54) is 17.7 Å². The molecule has 0 amide bonds. The van der Waals surface area contributed by atoms with Gasteiger partial charge in [-0.2, -0.15) is 0 Å². The molecule has 0 aromatic heterocycles. The summed E-state index contributed by atoms with van der Waals surface area (Å²) in [5.74, 6) is 0. The topological polar surface area (TPSA) is 106 Å². The summed E-state index contributed by atoms with van der Waals surface area (Å²) in [5.41, 5.74) is 3.19. The van der Waals surface area contributed by atoms with E-state index in [1.54, 1.807) is 24.3 Å². The van der Waals surface area contributed by atoms with Crippen LogP contribution in [0.25, 0.3) is 0 Å². The molecule has 140 valence electrons. The van der Waals surface area contributed by atoms with Gasteiger partial charge in [0.25, 0.3) is 0 Å². The SMILES string of the molecule is NS(=O)(=O)c1ccc(CCNS(=O)(=O)c2ccc3c(c2)CCCC3)cc1. The first-order valence-corrected chi connectivity index (χ1v) is 11.5. The summed E-state index contributed by atoms with van der Waals surface area (Å²) >= 11 is 0. The lowest BCUT2D eigenvalue weighted by Crippen LogP contribution is -2.26. The molecule has 1 aliphatic rings. The minimum Gasteiger partial charge on any atom is -0.225 e. The van der Waals surface area contributed by atoms with Gasteiger partial charge in [-0.25, -0.2) is 26.7 Å². The van der Waals surface area contributed by atoms with Crippen molar-refractivity contribution in [3.8, 4) is 0 Å². The Hall–Kier alpha value is -1.74. The normalized spacial score (nSPS) is 14.8. The molecule has 0 heterocycles. The van der Waals surface area contributed by atoms with Gasteiger partial charge in [0.1, 0.15) is 0 Å². The van der Waals surface area contributed by atoms with Crippen LogP contribution in [0.2, 0.25) is 0 Å². The van der Waals surface area contributed by atoms with E-state index in [1.807, 2.05) is 6.07 Å². The second kappa shape index (κ2) is 7.48. The molecular weight excluding hydrogens is 372 g/mol. The lowest BCUT2D eigenvalue weighted by molar-refractivity contribution is 0.581. The Morgan fingerprint density at radius 1 is 0.846 bits per heavy atom. The third kappa shape index (κ3) is 4.50. The van der Waals surface area contributed by atoms with Gasteiger partial charge in [-0.15, -0.1) is 0 Å². The lowest BCUT2D eigenvalue weighted by atomic mass is 9.92. The summed E-state index contributed by atoms with van der Waals surface area (Å²) in [6.07, 6.45) is 4.64. The number of primary sulfonamides is 1. The van der Waals surface area contributed by atoms with Crippen molar-refractivity contribution in [1.29, 1.82) is 0 Å². The van der Waals surface area contributed by atoms with Gasteiger partial charge < -0.3 is 0 Å². The smallest absolute Gasteiger partial charge is 0.225 e. The maximum atomic E-state index is 12.5. The summed E-state index contributed by atoms with van der Waals surface area (Å²) in [6, 6.07) is 11.4. The number of nitrogens with two attached hydrogens (primary N) is 1. The highest BCUT2D eigenvalue weighted by atomic mass is 32.2. The number of rotatable bonds is 6. The van der Waals surface area contributed by atoms with Crippen molar-refractivity contribution in [3.63, 3.8) is 0 Å². The van der Waals surface area contributed by atoms with Crippen LogP contribution in [0.5, 0.6) is 0 Å². The highest BCUT2D eigenvalue weighted by molar-refractivity contribution is 7.89. The molecule has 2 aromatic rings. The molecule has 0 spiro atoms. The number of fused-ring (bicyclic) bond motifs is 1. The quantitative estimate of drug-likeness (QED) is 0.778. The predicted octanol–water partition coefficient (Wildman–Crippen LogP) is 1.73. The molecule has 0 saturated heterocycles. The van der Waals surface area contributed by atoms with Crippen molar-refractivity contribution in [2.75, 3.05) is 6.54 Å². The number of benzene rings is 2. The summed E-state index contributed by atoms with van der Waals surface area (Å²) in [6.45, 7) is 0.230. The minimum atomic E-state index is -3.72. The summed E-state index contributed by atoms with van der Waals surface area (Å²) < 4.78 is 50.0. The third-order valence-electron chi connectivity index (χ3n) is 4.59. The highest BCUT2D eigenvalue weighted by Gasteiger charge is 2.17. The van der Waals surface area contributed by atoms with Gasteiger partial charge in [0.15, 0.2) is 0 Å². The maximum absolute atomic E-state index is 12.5. The van der Waals surface area contributed by atoms with E-state index in [2.05, 4.69) is 4.72 Å². The number of sulfonamides is 2. The first-order valence-electron chi connectivity index (χ1n) is 8.49. The molecule has 2 aromatic carbocycles. The molecule has 0 radical (unpaired) electrons. The Morgan fingerprint density at radius 2 is 1.46 bits per heavy atom. The van der Waals surface area contributed by atoms with Gasteiger partial charge >= 0.3 is 0 Å². The van der Waals surface area contributed by atoms with Gasteiger partial charge in [-0.05, 0) is 73.1 Å². The van der Waals surface area contributed by atoms with Crippen molar-refractivity contribution in [2.24, 2.45) is 5.14 Å². The Balaban J connectivity index is 1.63. The molecular formula is C18H22N2O4S2. The molecule has 0 saturated carbocycles. The monoisotopic (exact) mass is 394 g/mol. The van der Waals surface area contributed by atoms with E-state index in [9.17, 15) is 16.8 Å². The second-order valence-electron chi connectivity index (χ2n) is 6.47. The van der Waals surface area contributed by atoms with Gasteiger partial charge in [-0.3, -0.25) is 0 Å². The van der Waals surface area contributed by atoms with Crippen molar-refractivity contribution < 1.29 is 16.8 Å². The van der Waals surface area contributed by atoms with Gasteiger partial charge in [0.2, 0.25) is 20.0 Å². The Bertz CT molecular complexity index is 998. The van der Waals surface area contributed by atoms with E-state index < -0.39 is 20.0 Å². The van der Waals surface area contributed by atoms with Crippen molar-refractivity contribution >= 4 is 20.0 Å². The fraction of sp³-hybridized carbons (Fsp3) is 0.333. The second-order valence-corrected chi connectivity index (χ2v) is 9.80. The standard InChI is InChI=1S/C18H22N2O4S2/c19-25(21,22)17-8-5-14(6-9-17)11-12-20-26(23,24)18-10-7-15-3-1-2-4-16(15)13-18/h5-10,13,20H,1-4,11-12H2,(H2,19,21,22). The van der Waals surface area contributed by atoms with Gasteiger partial charge in [-0.1, -0.05) is 18.2 Å². The van der Waals surface area contributed by atoms with Crippen LogP contribution in [0.4, 0.5) is 0 Å². The molecule has 0 aliphatic heterocycles. The maximum Gasteiger partial charge on any atom is 0.240 e. The molecule has 3 N–H and O–H groups in total. The third-order valence-corrected chi connectivity index (χ3v) is 6.98. The van der Waals surface area contributed by atoms with E-state index >= 15 is 0 Å². The molecule has 1 aliphatic carbocycles. The van der Waals surface area contributed by atoms with Crippen LogP contribution in [-0.4, -0.2) is 23.4 Å². The zero-order valence-corrected chi connectivity index (χ0v) is 15.9. The summed E-state index contributed by atoms with van der Waals surface area (Å²) in [5, 5.41) is 5.06. The Morgan fingerprint density at radius 3 is 2.12 bits per heavy atom. The zero-order chi connectivity index (χ0) is 18.8. The van der Waals surface area contributed by atoms with E-state index in [0.29, 0.717) is 11.3 Å². The average molecular weight is 395 g/mol. The van der Waals surface area contributed by atoms with Crippen LogP contribution in [-0.2, 0) is 39.3 Å². The Labute approximate surface area is 154 Å². The molecule has 3 rings (SSSR count). The minimum absolute atomic E-state index is 0.0379. The lowest BCUT2D eigenvalue weighted by Gasteiger charge is -2.16. The number of nitrogens with one attached hydrogen (secondary N) is 1.